The number of anilines is 2. The second kappa shape index (κ2) is 11.1. The summed E-state index contributed by atoms with van der Waals surface area (Å²) in [7, 11) is 1.35. The highest BCUT2D eigenvalue weighted by Crippen LogP contribution is 2.41. The van der Waals surface area contributed by atoms with Gasteiger partial charge in [0.1, 0.15) is 5.82 Å². The van der Waals surface area contributed by atoms with Gasteiger partial charge < -0.3 is 4.90 Å². The van der Waals surface area contributed by atoms with E-state index in [1.807, 2.05) is 13.0 Å². The zero-order valence-electron chi connectivity index (χ0n) is 23.2. The van der Waals surface area contributed by atoms with Crippen molar-refractivity contribution in [1.82, 2.24) is 4.98 Å². The van der Waals surface area contributed by atoms with Gasteiger partial charge in [0, 0.05) is 19.2 Å². The third-order valence-electron chi connectivity index (χ3n) is 7.36. The van der Waals surface area contributed by atoms with Crippen molar-refractivity contribution in [3.05, 3.63) is 77.0 Å². The fourth-order valence-electron chi connectivity index (χ4n) is 4.89. The zero-order chi connectivity index (χ0) is 31.2. The van der Waals surface area contributed by atoms with Crippen LogP contribution in [0.2, 0.25) is 0 Å². The van der Waals surface area contributed by atoms with Gasteiger partial charge in [-0.05, 0) is 67.5 Å². The summed E-state index contributed by atoms with van der Waals surface area (Å²) in [4.78, 5) is 45.3. The number of likely N-dealkylation sites (N-methyl/N-ethyl adjacent to an activating group) is 1. The van der Waals surface area contributed by atoms with Gasteiger partial charge in [0.05, 0.1) is 28.4 Å². The standard InChI is InChI=1S/C29H29F6N3O3S/c1-16-7-5-6-8-20(16)21-14-23(38-9-10-42-25(40)24(38)39)36-15-22(21)37(4)26(41)27(2,3)17-11-18(28(30,31)32)13-19(12-17)29(33,34)35/h5-8,11-15H,9-10H2,1-4H3,42H4. The van der Waals surface area contributed by atoms with Crippen LogP contribution in [0.5, 0.6) is 0 Å². The molecule has 3 aromatic rings. The predicted molar refractivity (Wildman–Crippen MR) is 153 cm³/mol. The van der Waals surface area contributed by atoms with Crippen LogP contribution in [0.25, 0.3) is 11.1 Å². The molecule has 0 spiro atoms. The summed E-state index contributed by atoms with van der Waals surface area (Å²) in [6.45, 7) is 4.62. The summed E-state index contributed by atoms with van der Waals surface area (Å²) in [6.07, 6.45) is -8.84. The van der Waals surface area contributed by atoms with E-state index < -0.39 is 63.1 Å². The molecular weight excluding hydrogens is 584 g/mol. The average molecular weight is 614 g/mol. The molecule has 1 aliphatic heterocycles. The normalized spacial score (nSPS) is 15.0. The van der Waals surface area contributed by atoms with Gasteiger partial charge in [-0.2, -0.15) is 26.3 Å². The molecule has 0 radical (unpaired) electrons. The fraction of sp³-hybridized carbons (Fsp3) is 0.310. The largest absolute Gasteiger partial charge is 0.416 e. The van der Waals surface area contributed by atoms with Crippen molar-refractivity contribution >= 4 is 40.2 Å². The van der Waals surface area contributed by atoms with E-state index in [9.17, 15) is 40.7 Å². The minimum absolute atomic E-state index is 0.0157. The topological polar surface area (TPSA) is 70.6 Å². The lowest BCUT2D eigenvalue weighted by Crippen LogP contribution is -2.43. The van der Waals surface area contributed by atoms with Crippen molar-refractivity contribution in [3.8, 4) is 11.1 Å². The quantitative estimate of drug-likeness (QED) is 0.279. The number of carbonyl (C=O) groups excluding carboxylic acids is 3. The highest BCUT2D eigenvalue weighted by molar-refractivity contribution is 8.15. The molecule has 4 rings (SSSR count). The molecule has 13 heteroatoms. The maximum atomic E-state index is 13.9. The summed E-state index contributed by atoms with van der Waals surface area (Å²) in [5.41, 5.74) is -3.26. The number of hydrogen-bond acceptors (Lipinski definition) is 4. The van der Waals surface area contributed by atoms with Gasteiger partial charge in [-0.1, -0.05) is 24.3 Å². The van der Waals surface area contributed by atoms with E-state index in [0.29, 0.717) is 35.6 Å². The molecular formula is C29H29F6N3O3S. The number of nitrogens with zero attached hydrogens (tertiary/aromatic N) is 3. The Bertz CT molecular complexity index is 1540. The first kappa shape index (κ1) is 31.1. The monoisotopic (exact) mass is 613 g/mol. The van der Waals surface area contributed by atoms with E-state index in [1.54, 1.807) is 24.3 Å². The van der Waals surface area contributed by atoms with Crippen LogP contribution in [-0.4, -0.2) is 41.3 Å². The predicted octanol–water partition coefficient (Wildman–Crippen LogP) is 5.57. The van der Waals surface area contributed by atoms with Crippen LogP contribution in [-0.2, 0) is 32.2 Å². The molecule has 0 atom stereocenters. The second-order valence-corrected chi connectivity index (χ2v) is 12.5. The molecule has 42 heavy (non-hydrogen) atoms. The minimum atomic E-state index is -5.07. The number of pyridine rings is 1. The molecule has 0 saturated carbocycles. The smallest absolute Gasteiger partial charge is 0.313 e. The van der Waals surface area contributed by atoms with Gasteiger partial charge in [0.15, 0.2) is 0 Å². The second-order valence-electron chi connectivity index (χ2n) is 10.6. The number of halogens is 6. The molecule has 226 valence electrons. The highest BCUT2D eigenvalue weighted by atomic mass is 32.2. The summed E-state index contributed by atoms with van der Waals surface area (Å²) in [6, 6.07) is 9.79. The molecule has 2 heterocycles. The average Bonchev–Trinajstić information content (AvgIpc) is 2.92. The van der Waals surface area contributed by atoms with Gasteiger partial charge in [0.25, 0.3) is 0 Å². The molecule has 2 amide bonds. The van der Waals surface area contributed by atoms with Gasteiger partial charge in [0.2, 0.25) is 11.0 Å². The summed E-state index contributed by atoms with van der Waals surface area (Å²) in [5.74, 6) is -0.678. The van der Waals surface area contributed by atoms with Crippen molar-refractivity contribution in [2.75, 3.05) is 29.1 Å². The van der Waals surface area contributed by atoms with Crippen LogP contribution >= 0.6 is 11.8 Å². The lowest BCUT2D eigenvalue weighted by molar-refractivity contribution is -0.143. The zero-order valence-corrected chi connectivity index (χ0v) is 24.6. The number of alkyl halides is 6. The molecule has 0 unspecified atom stereocenters. The Morgan fingerprint density at radius 3 is 2.05 bits per heavy atom. The van der Waals surface area contributed by atoms with Crippen LogP contribution < -0.4 is 9.80 Å². The van der Waals surface area contributed by atoms with Crippen molar-refractivity contribution in [3.63, 3.8) is 0 Å². The Morgan fingerprint density at radius 2 is 1.48 bits per heavy atom. The van der Waals surface area contributed by atoms with E-state index in [0.717, 1.165) is 10.5 Å². The number of amides is 2. The van der Waals surface area contributed by atoms with E-state index >= 15 is 0 Å². The van der Waals surface area contributed by atoms with Crippen molar-refractivity contribution in [1.29, 1.82) is 0 Å². The van der Waals surface area contributed by atoms with Crippen LogP contribution in [0.1, 0.15) is 36.1 Å². The van der Waals surface area contributed by atoms with E-state index in [-0.39, 0.29) is 17.6 Å². The first-order chi connectivity index (χ1) is 19.4. The maximum Gasteiger partial charge on any atom is 0.416 e. The van der Waals surface area contributed by atoms with Crippen LogP contribution in [0, 0.1) is 6.92 Å². The fourth-order valence-corrected chi connectivity index (χ4v) is 6.09. The van der Waals surface area contributed by atoms with E-state index in [2.05, 4.69) is 4.98 Å². The van der Waals surface area contributed by atoms with Crippen molar-refractivity contribution < 1.29 is 40.7 Å². The Labute approximate surface area is 241 Å². The molecule has 0 aliphatic carbocycles. The van der Waals surface area contributed by atoms with Gasteiger partial charge >= 0.3 is 18.3 Å². The number of benzene rings is 2. The van der Waals surface area contributed by atoms with Crippen LogP contribution in [0.15, 0.2) is 54.7 Å². The Hall–Kier alpha value is -3.87. The van der Waals surface area contributed by atoms with Gasteiger partial charge in [-0.25, -0.2) is 16.7 Å². The Morgan fingerprint density at radius 1 is 0.905 bits per heavy atom. The summed E-state index contributed by atoms with van der Waals surface area (Å²) in [5, 5.41) is -0.419. The Balaban J connectivity index is 1.83. The number of aryl methyl sites for hydroxylation is 1. The van der Waals surface area contributed by atoms with Crippen LogP contribution in [0.3, 0.4) is 0 Å². The first-order valence-corrected chi connectivity index (χ1v) is 14.6. The third kappa shape index (κ3) is 6.01. The molecule has 1 aromatic heterocycles. The molecule has 1 fully saturated rings. The van der Waals surface area contributed by atoms with Gasteiger partial charge in [-0.3, -0.25) is 19.3 Å². The molecule has 0 bridgehead atoms. The highest BCUT2D eigenvalue weighted by Gasteiger charge is 2.41. The Kier molecular flexibility index (Phi) is 8.20. The van der Waals surface area contributed by atoms with E-state index in [1.165, 1.54) is 32.0 Å². The van der Waals surface area contributed by atoms with Crippen molar-refractivity contribution in [2.45, 2.75) is 38.5 Å². The molecule has 2 aromatic carbocycles. The molecule has 0 N–H and O–H groups in total. The van der Waals surface area contributed by atoms with Gasteiger partial charge in [-0.15, -0.1) is 0 Å². The first-order valence-electron chi connectivity index (χ1n) is 12.9. The van der Waals surface area contributed by atoms with E-state index in [4.69, 9.17) is 0 Å². The van der Waals surface area contributed by atoms with Crippen LogP contribution in [0.4, 0.5) is 37.8 Å². The number of aromatic nitrogens is 1. The molecule has 1 aliphatic rings. The number of carbonyl (C=O) groups is 3. The summed E-state index contributed by atoms with van der Waals surface area (Å²) < 4.78 is 81.3. The number of hydrogen-bond donors (Lipinski definition) is 0. The third-order valence-corrected chi connectivity index (χ3v) is 8.79. The number of rotatable bonds is 5. The maximum absolute atomic E-state index is 13.9. The summed E-state index contributed by atoms with van der Waals surface area (Å²) >= 11 is -1.17. The molecule has 1 saturated heterocycles. The lowest BCUT2D eigenvalue weighted by Gasteiger charge is -2.32. The SMILES string of the molecule is Cc1ccccc1-c1cc(N2CC[SH4]C(=O)C2=O)ncc1N(C)C(=O)C(C)(C)c1cc(C(F)(F)F)cc(C(F)(F)F)c1. The van der Waals surface area contributed by atoms with Crippen molar-refractivity contribution in [2.24, 2.45) is 0 Å². The lowest BCUT2D eigenvalue weighted by atomic mass is 9.81. The molecule has 6 nitrogen and oxygen atoms in total. The minimum Gasteiger partial charge on any atom is -0.313 e.